The topological polar surface area (TPSA) is 71.3 Å². The minimum atomic E-state index is -0.0652. The van der Waals surface area contributed by atoms with Crippen LogP contribution in [0, 0.1) is 13.8 Å². The molecule has 0 aliphatic carbocycles. The number of nitrogens with zero attached hydrogens (tertiary/aromatic N) is 3. The lowest BCUT2D eigenvalue weighted by atomic mass is 9.97. The van der Waals surface area contributed by atoms with Gasteiger partial charge in [0, 0.05) is 35.3 Å². The van der Waals surface area contributed by atoms with Crippen LogP contribution in [-0.2, 0) is 0 Å². The molecule has 0 bridgehead atoms. The number of piperidine rings is 1. The van der Waals surface area contributed by atoms with E-state index in [4.69, 9.17) is 16.1 Å². The molecule has 0 radical (unpaired) electrons. The van der Waals surface area contributed by atoms with Gasteiger partial charge in [-0.1, -0.05) is 28.9 Å². The highest BCUT2D eigenvalue weighted by molar-refractivity contribution is 6.30. The Morgan fingerprint density at radius 2 is 1.86 bits per heavy atom. The van der Waals surface area contributed by atoms with Crippen LogP contribution >= 0.6 is 11.6 Å². The van der Waals surface area contributed by atoms with Crippen LogP contribution < -0.4 is 5.32 Å². The standard InChI is InChI=1S/C22H23ClN4O2/c1-14-3-4-15(2)19(13-14)24-22(28)27-11-9-17(10-12-27)21-25-20(26-29-21)16-5-7-18(23)8-6-16/h3-8,13,17H,9-12H2,1-2H3,(H,24,28). The van der Waals surface area contributed by atoms with Gasteiger partial charge in [0.05, 0.1) is 0 Å². The molecule has 2 heterocycles. The van der Waals surface area contributed by atoms with E-state index in [1.54, 1.807) is 12.1 Å². The van der Waals surface area contributed by atoms with Crippen LogP contribution in [0.25, 0.3) is 11.4 Å². The summed E-state index contributed by atoms with van der Waals surface area (Å²) in [4.78, 5) is 19.0. The van der Waals surface area contributed by atoms with Gasteiger partial charge < -0.3 is 14.7 Å². The van der Waals surface area contributed by atoms with Crippen LogP contribution in [0.5, 0.6) is 0 Å². The van der Waals surface area contributed by atoms with E-state index in [2.05, 4.69) is 15.5 Å². The molecule has 0 atom stereocenters. The number of amides is 2. The molecule has 2 amide bonds. The lowest BCUT2D eigenvalue weighted by molar-refractivity contribution is 0.187. The average molecular weight is 411 g/mol. The van der Waals surface area contributed by atoms with E-state index in [-0.39, 0.29) is 11.9 Å². The second kappa shape index (κ2) is 8.25. The molecule has 1 saturated heterocycles. The van der Waals surface area contributed by atoms with Gasteiger partial charge in [0.15, 0.2) is 0 Å². The Bertz CT molecular complexity index is 1010. The predicted molar refractivity (Wildman–Crippen MR) is 113 cm³/mol. The lowest BCUT2D eigenvalue weighted by Crippen LogP contribution is -2.40. The summed E-state index contributed by atoms with van der Waals surface area (Å²) in [5.41, 5.74) is 3.91. The van der Waals surface area contributed by atoms with E-state index in [1.807, 2.05) is 49.1 Å². The molecule has 2 aromatic carbocycles. The van der Waals surface area contributed by atoms with Crippen LogP contribution in [0.1, 0.15) is 35.8 Å². The van der Waals surface area contributed by atoms with Gasteiger partial charge in [-0.15, -0.1) is 0 Å². The van der Waals surface area contributed by atoms with Crippen LogP contribution in [-0.4, -0.2) is 34.2 Å². The molecule has 7 heteroatoms. The van der Waals surface area contributed by atoms with Crippen LogP contribution in [0.3, 0.4) is 0 Å². The molecular formula is C22H23ClN4O2. The highest BCUT2D eigenvalue weighted by Crippen LogP contribution is 2.29. The smallest absolute Gasteiger partial charge is 0.321 e. The first-order chi connectivity index (χ1) is 14.0. The molecule has 1 aliphatic rings. The van der Waals surface area contributed by atoms with Crippen LogP contribution in [0.15, 0.2) is 47.0 Å². The van der Waals surface area contributed by atoms with E-state index in [9.17, 15) is 4.79 Å². The average Bonchev–Trinajstić information content (AvgIpc) is 3.21. The van der Waals surface area contributed by atoms with E-state index < -0.39 is 0 Å². The van der Waals surface area contributed by atoms with Crippen molar-refractivity contribution in [3.63, 3.8) is 0 Å². The van der Waals surface area contributed by atoms with Crippen molar-refractivity contribution in [1.29, 1.82) is 0 Å². The molecular weight excluding hydrogens is 388 g/mol. The fraction of sp³-hybridized carbons (Fsp3) is 0.318. The number of aromatic nitrogens is 2. The third-order valence-electron chi connectivity index (χ3n) is 5.31. The molecule has 0 spiro atoms. The molecule has 0 saturated carbocycles. The number of hydrogen-bond acceptors (Lipinski definition) is 4. The number of halogens is 1. The number of aryl methyl sites for hydroxylation is 2. The molecule has 0 unspecified atom stereocenters. The van der Waals surface area contributed by atoms with Gasteiger partial charge >= 0.3 is 6.03 Å². The van der Waals surface area contributed by atoms with E-state index >= 15 is 0 Å². The first-order valence-corrected chi connectivity index (χ1v) is 10.1. The fourth-order valence-electron chi connectivity index (χ4n) is 3.51. The van der Waals surface area contributed by atoms with Crippen molar-refractivity contribution in [2.45, 2.75) is 32.6 Å². The summed E-state index contributed by atoms with van der Waals surface area (Å²) in [6.07, 6.45) is 1.59. The Balaban J connectivity index is 1.36. The summed E-state index contributed by atoms with van der Waals surface area (Å²) >= 11 is 5.93. The zero-order valence-corrected chi connectivity index (χ0v) is 17.2. The summed E-state index contributed by atoms with van der Waals surface area (Å²) in [6.45, 7) is 5.32. The van der Waals surface area contributed by atoms with E-state index in [0.29, 0.717) is 29.8 Å². The van der Waals surface area contributed by atoms with Crippen LogP contribution in [0.4, 0.5) is 10.5 Å². The monoisotopic (exact) mass is 410 g/mol. The summed E-state index contributed by atoms with van der Waals surface area (Å²) < 4.78 is 5.50. The third kappa shape index (κ3) is 4.43. The molecule has 29 heavy (non-hydrogen) atoms. The van der Waals surface area contributed by atoms with E-state index in [1.165, 1.54) is 0 Å². The quantitative estimate of drug-likeness (QED) is 0.625. The maximum absolute atomic E-state index is 12.6. The normalized spacial score (nSPS) is 14.8. The Hall–Kier alpha value is -2.86. The number of urea groups is 1. The zero-order chi connectivity index (χ0) is 20.4. The third-order valence-corrected chi connectivity index (χ3v) is 5.56. The molecule has 1 aromatic heterocycles. The van der Waals surface area contributed by atoms with Crippen molar-refractivity contribution in [1.82, 2.24) is 15.0 Å². The molecule has 1 fully saturated rings. The van der Waals surface area contributed by atoms with Gasteiger partial charge in [0.1, 0.15) is 0 Å². The number of carbonyl (C=O) groups is 1. The second-order valence-corrected chi connectivity index (χ2v) is 7.91. The van der Waals surface area contributed by atoms with Crippen LogP contribution in [0.2, 0.25) is 5.02 Å². The van der Waals surface area contributed by atoms with Crippen molar-refractivity contribution < 1.29 is 9.32 Å². The maximum atomic E-state index is 12.6. The number of carbonyl (C=O) groups excluding carboxylic acids is 1. The van der Waals surface area contributed by atoms with Gasteiger partial charge in [-0.25, -0.2) is 4.79 Å². The van der Waals surface area contributed by atoms with Gasteiger partial charge in [0.2, 0.25) is 11.7 Å². The second-order valence-electron chi connectivity index (χ2n) is 7.47. The van der Waals surface area contributed by atoms with Crippen molar-refractivity contribution in [2.75, 3.05) is 18.4 Å². The number of hydrogen-bond donors (Lipinski definition) is 1. The van der Waals surface area contributed by atoms with Crippen molar-refractivity contribution in [3.8, 4) is 11.4 Å². The number of nitrogens with one attached hydrogen (secondary N) is 1. The molecule has 1 N–H and O–H groups in total. The molecule has 3 aromatic rings. The summed E-state index contributed by atoms with van der Waals surface area (Å²) in [7, 11) is 0. The van der Waals surface area contributed by atoms with Gasteiger partial charge in [-0.2, -0.15) is 4.98 Å². The number of rotatable bonds is 3. The van der Waals surface area contributed by atoms with Crippen molar-refractivity contribution >= 4 is 23.3 Å². The largest absolute Gasteiger partial charge is 0.339 e. The highest BCUT2D eigenvalue weighted by atomic mass is 35.5. The predicted octanol–water partition coefficient (Wildman–Crippen LogP) is 5.42. The summed E-state index contributed by atoms with van der Waals surface area (Å²) in [5.74, 6) is 1.35. The SMILES string of the molecule is Cc1ccc(C)c(NC(=O)N2CCC(c3nc(-c4ccc(Cl)cc4)no3)CC2)c1. The molecule has 4 rings (SSSR count). The zero-order valence-electron chi connectivity index (χ0n) is 16.5. The minimum Gasteiger partial charge on any atom is -0.339 e. The molecule has 1 aliphatic heterocycles. The molecule has 150 valence electrons. The van der Waals surface area contributed by atoms with Gasteiger partial charge in [-0.05, 0) is 68.1 Å². The van der Waals surface area contributed by atoms with Gasteiger partial charge in [0.25, 0.3) is 0 Å². The number of anilines is 1. The first-order valence-electron chi connectivity index (χ1n) is 9.72. The first kappa shape index (κ1) is 19.5. The Morgan fingerprint density at radius 3 is 2.59 bits per heavy atom. The summed E-state index contributed by atoms with van der Waals surface area (Å²) in [6, 6.07) is 13.3. The number of likely N-dealkylation sites (tertiary alicyclic amines) is 1. The highest BCUT2D eigenvalue weighted by Gasteiger charge is 2.28. The minimum absolute atomic E-state index is 0.0652. The Labute approximate surface area is 174 Å². The fourth-order valence-corrected chi connectivity index (χ4v) is 3.64. The maximum Gasteiger partial charge on any atom is 0.321 e. The molecule has 6 nitrogen and oxygen atoms in total. The lowest BCUT2D eigenvalue weighted by Gasteiger charge is -2.30. The van der Waals surface area contributed by atoms with Crippen molar-refractivity contribution in [3.05, 3.63) is 64.5 Å². The Morgan fingerprint density at radius 1 is 1.14 bits per heavy atom. The summed E-state index contributed by atoms with van der Waals surface area (Å²) in [5, 5.41) is 7.80. The van der Waals surface area contributed by atoms with E-state index in [0.717, 1.165) is 35.2 Å². The number of benzene rings is 2. The Kier molecular flexibility index (Phi) is 5.53. The van der Waals surface area contributed by atoms with Crippen molar-refractivity contribution in [2.24, 2.45) is 0 Å². The van der Waals surface area contributed by atoms with Gasteiger partial charge in [-0.3, -0.25) is 0 Å².